The first-order valence-corrected chi connectivity index (χ1v) is 6.98. The molecule has 0 aliphatic carbocycles. The van der Waals surface area contributed by atoms with Crippen LogP contribution in [0.15, 0.2) is 36.8 Å². The number of hydrogen-bond acceptors (Lipinski definition) is 2. The first-order chi connectivity index (χ1) is 9.71. The number of hydrogen-bond donors (Lipinski definition) is 1. The zero-order chi connectivity index (χ0) is 14.1. The van der Waals surface area contributed by atoms with Crippen LogP contribution in [-0.2, 0) is 19.7 Å². The molecule has 0 fully saturated rings. The van der Waals surface area contributed by atoms with Crippen LogP contribution < -0.4 is 0 Å². The molecule has 1 N–H and O–H groups in total. The number of rotatable bonds is 4. The fraction of sp³-hybridized carbons (Fsp3) is 0.267. The second-order valence-corrected chi connectivity index (χ2v) is 5.24. The molecule has 0 saturated heterocycles. The van der Waals surface area contributed by atoms with Crippen LogP contribution in [0.25, 0.3) is 10.9 Å². The standard InChI is InChI=1S/C15H16ClN3O/c1-2-19-8-11(6-17-19)7-18-9-12(10-20)14-4-3-13(16)5-15(14)18/h3-6,8-9,20H,2,7,10H2,1H3. The summed E-state index contributed by atoms with van der Waals surface area (Å²) in [6.45, 7) is 3.67. The van der Waals surface area contributed by atoms with Crippen molar-refractivity contribution >= 4 is 22.5 Å². The predicted molar refractivity (Wildman–Crippen MR) is 79.9 cm³/mol. The Bertz CT molecular complexity index is 745. The third-order valence-corrected chi connectivity index (χ3v) is 3.70. The molecular formula is C15H16ClN3O. The summed E-state index contributed by atoms with van der Waals surface area (Å²) >= 11 is 6.08. The highest BCUT2D eigenvalue weighted by Gasteiger charge is 2.09. The van der Waals surface area contributed by atoms with Crippen LogP contribution in [0.4, 0.5) is 0 Å². The molecule has 0 unspecified atom stereocenters. The summed E-state index contributed by atoms with van der Waals surface area (Å²) < 4.78 is 4.00. The molecule has 20 heavy (non-hydrogen) atoms. The van der Waals surface area contributed by atoms with E-state index < -0.39 is 0 Å². The average molecular weight is 290 g/mol. The number of aliphatic hydroxyl groups excluding tert-OH is 1. The highest BCUT2D eigenvalue weighted by atomic mass is 35.5. The normalized spacial score (nSPS) is 11.3. The summed E-state index contributed by atoms with van der Waals surface area (Å²) in [6, 6.07) is 5.73. The van der Waals surface area contributed by atoms with Gasteiger partial charge in [-0.2, -0.15) is 5.10 Å². The van der Waals surface area contributed by atoms with E-state index in [2.05, 4.69) is 16.6 Å². The molecule has 1 aromatic carbocycles. The molecule has 0 aliphatic rings. The van der Waals surface area contributed by atoms with Gasteiger partial charge in [-0.3, -0.25) is 4.68 Å². The van der Waals surface area contributed by atoms with Gasteiger partial charge in [0.1, 0.15) is 0 Å². The van der Waals surface area contributed by atoms with E-state index >= 15 is 0 Å². The van der Waals surface area contributed by atoms with Crippen molar-refractivity contribution in [3.8, 4) is 0 Å². The maximum Gasteiger partial charge on any atom is 0.0702 e. The van der Waals surface area contributed by atoms with Crippen LogP contribution in [0.1, 0.15) is 18.1 Å². The largest absolute Gasteiger partial charge is 0.392 e. The first-order valence-electron chi connectivity index (χ1n) is 6.60. The molecular weight excluding hydrogens is 274 g/mol. The third kappa shape index (κ3) is 2.32. The molecule has 0 radical (unpaired) electrons. The van der Waals surface area contributed by atoms with Gasteiger partial charge in [0.2, 0.25) is 0 Å². The Morgan fingerprint density at radius 1 is 1.30 bits per heavy atom. The van der Waals surface area contributed by atoms with Crippen molar-refractivity contribution in [2.45, 2.75) is 26.6 Å². The summed E-state index contributed by atoms with van der Waals surface area (Å²) in [5.74, 6) is 0. The molecule has 0 saturated carbocycles. The molecule has 0 aliphatic heterocycles. The molecule has 0 atom stereocenters. The Balaban J connectivity index is 2.04. The summed E-state index contributed by atoms with van der Waals surface area (Å²) in [5.41, 5.74) is 3.08. The highest BCUT2D eigenvalue weighted by molar-refractivity contribution is 6.31. The van der Waals surface area contributed by atoms with Crippen molar-refractivity contribution in [3.63, 3.8) is 0 Å². The van der Waals surface area contributed by atoms with Gasteiger partial charge in [0.25, 0.3) is 0 Å². The smallest absolute Gasteiger partial charge is 0.0702 e. The monoisotopic (exact) mass is 289 g/mol. The van der Waals surface area contributed by atoms with Crippen LogP contribution in [0.2, 0.25) is 5.02 Å². The second-order valence-electron chi connectivity index (χ2n) is 4.81. The highest BCUT2D eigenvalue weighted by Crippen LogP contribution is 2.25. The van der Waals surface area contributed by atoms with Gasteiger partial charge >= 0.3 is 0 Å². The number of nitrogens with zero attached hydrogens (tertiary/aromatic N) is 3. The number of halogens is 1. The van der Waals surface area contributed by atoms with Gasteiger partial charge in [-0.15, -0.1) is 0 Å². The number of benzene rings is 1. The minimum Gasteiger partial charge on any atom is -0.392 e. The number of aromatic nitrogens is 3. The second kappa shape index (κ2) is 5.31. The fourth-order valence-electron chi connectivity index (χ4n) is 2.46. The summed E-state index contributed by atoms with van der Waals surface area (Å²) in [4.78, 5) is 0. The Hall–Kier alpha value is -1.78. The van der Waals surface area contributed by atoms with E-state index in [1.54, 1.807) is 0 Å². The van der Waals surface area contributed by atoms with Gasteiger partial charge < -0.3 is 9.67 Å². The first kappa shape index (κ1) is 13.2. The molecule has 0 bridgehead atoms. The lowest BCUT2D eigenvalue weighted by atomic mass is 10.2. The van der Waals surface area contributed by atoms with Crippen molar-refractivity contribution in [2.24, 2.45) is 0 Å². The number of aryl methyl sites for hydroxylation is 1. The van der Waals surface area contributed by atoms with Crippen molar-refractivity contribution in [2.75, 3.05) is 0 Å². The van der Waals surface area contributed by atoms with Crippen LogP contribution in [0, 0.1) is 0 Å². The molecule has 0 amide bonds. The lowest BCUT2D eigenvalue weighted by Gasteiger charge is -2.03. The fourth-order valence-corrected chi connectivity index (χ4v) is 2.62. The lowest BCUT2D eigenvalue weighted by Crippen LogP contribution is -1.97. The maximum atomic E-state index is 9.46. The van der Waals surface area contributed by atoms with Gasteiger partial charge in [-0.05, 0) is 19.1 Å². The zero-order valence-corrected chi connectivity index (χ0v) is 12.0. The third-order valence-electron chi connectivity index (χ3n) is 3.46. The Kier molecular flexibility index (Phi) is 3.51. The van der Waals surface area contributed by atoms with E-state index in [9.17, 15) is 5.11 Å². The maximum absolute atomic E-state index is 9.46. The van der Waals surface area contributed by atoms with Gasteiger partial charge in [-0.25, -0.2) is 0 Å². The Labute approximate surface area is 122 Å². The quantitative estimate of drug-likeness (QED) is 0.802. The van der Waals surface area contributed by atoms with Crippen molar-refractivity contribution < 1.29 is 5.11 Å². The van der Waals surface area contributed by atoms with Crippen molar-refractivity contribution in [1.82, 2.24) is 14.3 Å². The molecule has 0 spiro atoms. The van der Waals surface area contributed by atoms with Gasteiger partial charge in [-0.1, -0.05) is 17.7 Å². The Morgan fingerprint density at radius 3 is 2.85 bits per heavy atom. The molecule has 104 valence electrons. The van der Waals surface area contributed by atoms with E-state index in [1.165, 1.54) is 0 Å². The van der Waals surface area contributed by atoms with E-state index in [-0.39, 0.29) is 6.61 Å². The molecule has 2 heterocycles. The Morgan fingerprint density at radius 2 is 2.15 bits per heavy atom. The van der Waals surface area contributed by atoms with Crippen molar-refractivity contribution in [1.29, 1.82) is 0 Å². The minimum absolute atomic E-state index is 0.0271. The van der Waals surface area contributed by atoms with Gasteiger partial charge in [0, 0.05) is 40.5 Å². The predicted octanol–water partition coefficient (Wildman–Crippen LogP) is 3.05. The number of fused-ring (bicyclic) bond motifs is 1. The SMILES string of the molecule is CCn1cc(Cn2cc(CO)c3ccc(Cl)cc32)cn1. The van der Waals surface area contributed by atoms with Crippen LogP contribution in [0.3, 0.4) is 0 Å². The van der Waals surface area contributed by atoms with E-state index in [1.807, 2.05) is 41.5 Å². The van der Waals surface area contributed by atoms with Gasteiger partial charge in [0.15, 0.2) is 0 Å². The van der Waals surface area contributed by atoms with Gasteiger partial charge in [0.05, 0.1) is 24.9 Å². The minimum atomic E-state index is 0.0271. The van der Waals surface area contributed by atoms with Crippen LogP contribution in [0.5, 0.6) is 0 Å². The summed E-state index contributed by atoms with van der Waals surface area (Å²) in [7, 11) is 0. The molecule has 2 aromatic heterocycles. The van der Waals surface area contributed by atoms with E-state index in [4.69, 9.17) is 11.6 Å². The van der Waals surface area contributed by atoms with Crippen LogP contribution >= 0.6 is 11.6 Å². The average Bonchev–Trinajstić information content (AvgIpc) is 3.04. The topological polar surface area (TPSA) is 43.0 Å². The lowest BCUT2D eigenvalue weighted by molar-refractivity contribution is 0.283. The van der Waals surface area contributed by atoms with E-state index in [0.717, 1.165) is 35.1 Å². The van der Waals surface area contributed by atoms with Crippen molar-refractivity contribution in [3.05, 3.63) is 52.9 Å². The number of aliphatic hydroxyl groups is 1. The summed E-state index contributed by atoms with van der Waals surface area (Å²) in [6.07, 6.45) is 5.89. The molecule has 5 heteroatoms. The van der Waals surface area contributed by atoms with Crippen LogP contribution in [-0.4, -0.2) is 19.5 Å². The molecule has 3 aromatic rings. The molecule has 4 nitrogen and oxygen atoms in total. The van der Waals surface area contributed by atoms with E-state index in [0.29, 0.717) is 5.02 Å². The summed E-state index contributed by atoms with van der Waals surface area (Å²) in [5, 5.41) is 15.5. The zero-order valence-electron chi connectivity index (χ0n) is 11.3. The molecule has 3 rings (SSSR count).